The summed E-state index contributed by atoms with van der Waals surface area (Å²) in [5, 5.41) is 18.8. The van der Waals surface area contributed by atoms with Gasteiger partial charge in [-0.05, 0) is 37.7 Å². The highest BCUT2D eigenvalue weighted by Crippen LogP contribution is 2.42. The lowest BCUT2D eigenvalue weighted by atomic mass is 9.81. The van der Waals surface area contributed by atoms with Gasteiger partial charge in [-0.2, -0.15) is 13.2 Å². The molecule has 0 saturated heterocycles. The molecule has 2 heterocycles. The Morgan fingerprint density at radius 3 is 2.39 bits per heavy atom. The third-order valence-electron chi connectivity index (χ3n) is 5.32. The summed E-state index contributed by atoms with van der Waals surface area (Å²) in [5.74, 6) is -2.18. The molecule has 0 aromatic carbocycles. The Morgan fingerprint density at radius 2 is 1.81 bits per heavy atom. The summed E-state index contributed by atoms with van der Waals surface area (Å²) in [4.78, 5) is 29.1. The van der Waals surface area contributed by atoms with Crippen LogP contribution in [-0.4, -0.2) is 38.1 Å². The van der Waals surface area contributed by atoms with Crippen molar-refractivity contribution in [2.24, 2.45) is 11.8 Å². The average Bonchev–Trinajstić information content (AvgIpc) is 3.38. The van der Waals surface area contributed by atoms with Gasteiger partial charge in [0.1, 0.15) is 17.0 Å². The molecule has 1 N–H and O–H groups in total. The van der Waals surface area contributed by atoms with E-state index in [4.69, 9.17) is 0 Å². The molecule has 164 valence electrons. The summed E-state index contributed by atoms with van der Waals surface area (Å²) in [6, 6.07) is 1.81. The molecule has 2 bridgehead atoms. The third kappa shape index (κ3) is 4.37. The fourth-order valence-electron chi connectivity index (χ4n) is 3.81. The molecule has 0 radical (unpaired) electrons. The Bertz CT molecular complexity index is 1060. The van der Waals surface area contributed by atoms with Crippen LogP contribution in [0.2, 0.25) is 0 Å². The number of pyridine rings is 1. The Balaban J connectivity index is 1.73. The number of fused-ring (bicyclic) bond motifs is 2. The van der Waals surface area contributed by atoms with Crippen LogP contribution in [0.1, 0.15) is 36.2 Å². The summed E-state index contributed by atoms with van der Waals surface area (Å²) in [5.41, 5.74) is -1.56. The zero-order chi connectivity index (χ0) is 22.3. The number of carbonyl (C=O) groups excluding carboxylic acids is 2. The number of Topliss-reactive ketones (excluding diaryl/α,β-unsaturated/α-hetero) is 2. The lowest BCUT2D eigenvalue weighted by molar-refractivity contribution is -0.141. The molecule has 0 aliphatic heterocycles. The molecule has 2 aromatic rings. The number of ketones is 2. The molecule has 0 spiro atoms. The van der Waals surface area contributed by atoms with E-state index in [1.165, 1.54) is 23.1 Å². The van der Waals surface area contributed by atoms with Crippen LogP contribution in [0.25, 0.3) is 5.76 Å². The molecule has 2 atom stereocenters. The standard InChI is InChI=1S/C19H16F3N3O3S3/c1-29-17-24-25-18(31-17)30-7-11-10(4-5-12(23-11)19(20,21)22)16(28)13-14(26)8-2-3-9(6-8)15(13)27/h4-5,8-9,28H,2-3,6-7H2,1H3. The van der Waals surface area contributed by atoms with Crippen molar-refractivity contribution in [2.75, 3.05) is 6.26 Å². The highest BCUT2D eigenvalue weighted by molar-refractivity contribution is 8.02. The first kappa shape index (κ1) is 22.3. The topological polar surface area (TPSA) is 93.0 Å². The number of thioether (sulfide) groups is 2. The smallest absolute Gasteiger partial charge is 0.433 e. The van der Waals surface area contributed by atoms with Crippen LogP contribution in [0.3, 0.4) is 0 Å². The first-order valence-corrected chi connectivity index (χ1v) is 12.3. The van der Waals surface area contributed by atoms with Gasteiger partial charge in [-0.25, -0.2) is 4.98 Å². The SMILES string of the molecule is CSc1nnc(SCc2nc(C(F)(F)F)ccc2C(O)=C2C(=O)C3CCC(C3)C2=O)s1. The quantitative estimate of drug-likeness (QED) is 0.278. The monoisotopic (exact) mass is 487 g/mol. The van der Waals surface area contributed by atoms with E-state index in [9.17, 15) is 27.9 Å². The Morgan fingerprint density at radius 1 is 1.16 bits per heavy atom. The van der Waals surface area contributed by atoms with Crippen molar-refractivity contribution in [2.45, 2.75) is 39.9 Å². The van der Waals surface area contributed by atoms with Gasteiger partial charge < -0.3 is 5.11 Å². The number of carbonyl (C=O) groups is 2. The van der Waals surface area contributed by atoms with E-state index in [0.717, 1.165) is 23.9 Å². The molecule has 2 aliphatic rings. The van der Waals surface area contributed by atoms with Crippen molar-refractivity contribution in [3.05, 3.63) is 34.7 Å². The number of hydrogen-bond acceptors (Lipinski definition) is 9. The van der Waals surface area contributed by atoms with Gasteiger partial charge in [0.15, 0.2) is 20.2 Å². The van der Waals surface area contributed by atoms with Crippen molar-refractivity contribution in [1.82, 2.24) is 15.2 Å². The maximum Gasteiger partial charge on any atom is 0.433 e. The number of halogens is 3. The summed E-state index contributed by atoms with van der Waals surface area (Å²) in [6.07, 6.45) is -1.22. The maximum absolute atomic E-state index is 13.2. The minimum absolute atomic E-state index is 0.0468. The fourth-order valence-corrected chi connectivity index (χ4v) is 6.20. The van der Waals surface area contributed by atoms with Crippen LogP contribution in [0.4, 0.5) is 13.2 Å². The summed E-state index contributed by atoms with van der Waals surface area (Å²) >= 11 is 3.80. The Labute approximate surface area is 187 Å². The summed E-state index contributed by atoms with van der Waals surface area (Å²) < 4.78 is 40.9. The van der Waals surface area contributed by atoms with Gasteiger partial charge in [-0.3, -0.25) is 9.59 Å². The van der Waals surface area contributed by atoms with E-state index in [0.29, 0.717) is 27.9 Å². The van der Waals surface area contributed by atoms with Gasteiger partial charge in [0.2, 0.25) is 0 Å². The van der Waals surface area contributed by atoms with Crippen molar-refractivity contribution in [3.63, 3.8) is 0 Å². The fraction of sp³-hybridized carbons (Fsp3) is 0.421. The molecule has 4 rings (SSSR count). The zero-order valence-corrected chi connectivity index (χ0v) is 18.6. The van der Waals surface area contributed by atoms with Crippen LogP contribution < -0.4 is 0 Å². The van der Waals surface area contributed by atoms with Gasteiger partial charge in [-0.1, -0.05) is 34.9 Å². The lowest BCUT2D eigenvalue weighted by Gasteiger charge is -2.21. The molecule has 2 fully saturated rings. The number of aliphatic hydroxyl groups excluding tert-OH is 1. The number of nitrogens with zero attached hydrogens (tertiary/aromatic N) is 3. The van der Waals surface area contributed by atoms with E-state index in [1.807, 2.05) is 6.26 Å². The van der Waals surface area contributed by atoms with Gasteiger partial charge >= 0.3 is 6.18 Å². The molecule has 2 saturated carbocycles. The zero-order valence-electron chi connectivity index (χ0n) is 16.1. The number of allylic oxidation sites excluding steroid dienone is 1. The van der Waals surface area contributed by atoms with Gasteiger partial charge in [-0.15, -0.1) is 10.2 Å². The van der Waals surface area contributed by atoms with Crippen molar-refractivity contribution >= 4 is 52.2 Å². The molecule has 0 amide bonds. The van der Waals surface area contributed by atoms with Gasteiger partial charge in [0, 0.05) is 23.2 Å². The average molecular weight is 488 g/mol. The van der Waals surface area contributed by atoms with Crippen LogP contribution in [0.15, 0.2) is 26.4 Å². The van der Waals surface area contributed by atoms with Crippen molar-refractivity contribution in [3.8, 4) is 0 Å². The minimum atomic E-state index is -4.68. The second kappa shape index (κ2) is 8.55. The first-order chi connectivity index (χ1) is 14.7. The number of aliphatic hydroxyl groups is 1. The molecule has 12 heteroatoms. The lowest BCUT2D eigenvalue weighted by Crippen LogP contribution is -2.30. The molecule has 2 unspecified atom stereocenters. The predicted octanol–water partition coefficient (Wildman–Crippen LogP) is 4.80. The third-order valence-corrected chi connectivity index (χ3v) is 8.36. The van der Waals surface area contributed by atoms with E-state index < -0.39 is 29.2 Å². The van der Waals surface area contributed by atoms with E-state index in [1.54, 1.807) is 0 Å². The molecular formula is C19H16F3N3O3S3. The van der Waals surface area contributed by atoms with E-state index in [-0.39, 0.29) is 34.4 Å². The molecule has 31 heavy (non-hydrogen) atoms. The number of alkyl halides is 3. The van der Waals surface area contributed by atoms with Crippen LogP contribution in [-0.2, 0) is 21.5 Å². The van der Waals surface area contributed by atoms with E-state index >= 15 is 0 Å². The van der Waals surface area contributed by atoms with Crippen LogP contribution >= 0.6 is 34.9 Å². The highest BCUT2D eigenvalue weighted by atomic mass is 32.2. The first-order valence-electron chi connectivity index (χ1n) is 9.28. The van der Waals surface area contributed by atoms with E-state index in [2.05, 4.69) is 15.2 Å². The largest absolute Gasteiger partial charge is 0.506 e. The van der Waals surface area contributed by atoms with Gasteiger partial charge in [0.25, 0.3) is 0 Å². The van der Waals surface area contributed by atoms with Crippen LogP contribution in [0.5, 0.6) is 0 Å². The normalized spacial score (nSPS) is 21.1. The summed E-state index contributed by atoms with van der Waals surface area (Å²) in [7, 11) is 0. The second-order valence-electron chi connectivity index (χ2n) is 7.17. The number of aromatic nitrogens is 3. The molecule has 6 nitrogen and oxygen atoms in total. The predicted molar refractivity (Wildman–Crippen MR) is 111 cm³/mol. The highest BCUT2D eigenvalue weighted by Gasteiger charge is 2.45. The summed E-state index contributed by atoms with van der Waals surface area (Å²) in [6.45, 7) is 0. The van der Waals surface area contributed by atoms with Gasteiger partial charge in [0.05, 0.1) is 5.69 Å². The number of hydrogen-bond donors (Lipinski definition) is 1. The maximum atomic E-state index is 13.2. The van der Waals surface area contributed by atoms with Crippen molar-refractivity contribution in [1.29, 1.82) is 0 Å². The molecular weight excluding hydrogens is 471 g/mol. The molecule has 2 aromatic heterocycles. The Hall–Kier alpha value is -1.92. The van der Waals surface area contributed by atoms with Crippen molar-refractivity contribution < 1.29 is 27.9 Å². The second-order valence-corrected chi connectivity index (χ2v) is 10.4. The minimum Gasteiger partial charge on any atom is -0.506 e. The number of rotatable bonds is 5. The Kier molecular flexibility index (Phi) is 6.14. The molecule has 2 aliphatic carbocycles. The van der Waals surface area contributed by atoms with Crippen LogP contribution in [0, 0.1) is 11.8 Å².